The van der Waals surface area contributed by atoms with Crippen molar-refractivity contribution < 1.29 is 12.8 Å². The first-order valence-electron chi connectivity index (χ1n) is 6.47. The molecule has 0 atom stereocenters. The molecule has 1 aromatic carbocycles. The van der Waals surface area contributed by atoms with Gasteiger partial charge in [-0.25, -0.2) is 12.8 Å². The predicted octanol–water partition coefficient (Wildman–Crippen LogP) is 4.07. The van der Waals surface area contributed by atoms with Gasteiger partial charge in [-0.05, 0) is 30.5 Å². The highest BCUT2D eigenvalue weighted by molar-refractivity contribution is 9.09. The zero-order valence-electron chi connectivity index (χ0n) is 11.4. The van der Waals surface area contributed by atoms with Gasteiger partial charge in [0.05, 0.1) is 5.75 Å². The lowest BCUT2D eigenvalue weighted by atomic mass is 9.82. The molecule has 1 rings (SSSR count). The Hall–Kier alpha value is 0.0600. The molecule has 0 aliphatic heterocycles. The van der Waals surface area contributed by atoms with Gasteiger partial charge in [-0.2, -0.15) is 0 Å². The molecule has 2 nitrogen and oxygen atoms in total. The molecule has 0 amide bonds. The molecule has 0 aromatic heterocycles. The van der Waals surface area contributed by atoms with Crippen LogP contribution in [-0.2, 0) is 15.3 Å². The minimum atomic E-state index is -3.04. The molecule has 0 saturated carbocycles. The van der Waals surface area contributed by atoms with Crippen molar-refractivity contribution in [3.8, 4) is 0 Å². The van der Waals surface area contributed by atoms with Gasteiger partial charge < -0.3 is 0 Å². The van der Waals surface area contributed by atoms with Crippen molar-refractivity contribution in [1.82, 2.24) is 0 Å². The lowest BCUT2D eigenvalue weighted by Gasteiger charge is -2.30. The first-order valence-corrected chi connectivity index (χ1v) is 10.5. The van der Waals surface area contributed by atoms with Gasteiger partial charge in [0.25, 0.3) is 0 Å². The second-order valence-electron chi connectivity index (χ2n) is 4.96. The number of hydrogen-bond acceptors (Lipinski definition) is 2. The third-order valence-corrected chi connectivity index (χ3v) is 7.36. The standard InChI is InChI=1S/C14H19Br2FO2S/c1-2-7-20(18,19)8-6-14(10-15,11-16)12-4-3-5-13(17)9-12/h3-5,9H,2,6-8,10-11H2,1H3. The normalized spacial score (nSPS) is 12.6. The van der Waals surface area contributed by atoms with Gasteiger partial charge in [0, 0.05) is 21.8 Å². The molecule has 6 heteroatoms. The number of hydrogen-bond donors (Lipinski definition) is 0. The SMILES string of the molecule is CCCS(=O)(=O)CCC(CBr)(CBr)c1cccc(F)c1. The molecule has 0 aliphatic rings. The lowest BCUT2D eigenvalue weighted by molar-refractivity contribution is 0.517. The first-order chi connectivity index (χ1) is 9.39. The Morgan fingerprint density at radius 1 is 1.20 bits per heavy atom. The van der Waals surface area contributed by atoms with Crippen LogP contribution in [-0.4, -0.2) is 30.6 Å². The zero-order valence-corrected chi connectivity index (χ0v) is 15.4. The minimum absolute atomic E-state index is 0.120. The van der Waals surface area contributed by atoms with Crippen LogP contribution in [0.2, 0.25) is 0 Å². The Kier molecular flexibility index (Phi) is 7.15. The van der Waals surface area contributed by atoms with Crippen LogP contribution in [0.25, 0.3) is 0 Å². The Morgan fingerprint density at radius 2 is 1.85 bits per heavy atom. The van der Waals surface area contributed by atoms with Crippen LogP contribution in [0.3, 0.4) is 0 Å². The first kappa shape index (κ1) is 18.1. The van der Waals surface area contributed by atoms with Gasteiger partial charge in [-0.1, -0.05) is 50.9 Å². The molecule has 0 fully saturated rings. The van der Waals surface area contributed by atoms with Crippen molar-refractivity contribution in [2.75, 3.05) is 22.2 Å². The number of benzene rings is 1. The van der Waals surface area contributed by atoms with Gasteiger partial charge >= 0.3 is 0 Å². The third kappa shape index (κ3) is 4.81. The van der Waals surface area contributed by atoms with E-state index in [1.807, 2.05) is 13.0 Å². The zero-order chi connectivity index (χ0) is 15.2. The van der Waals surface area contributed by atoms with Crippen LogP contribution in [0.5, 0.6) is 0 Å². The molecule has 114 valence electrons. The van der Waals surface area contributed by atoms with Crippen molar-refractivity contribution in [2.45, 2.75) is 25.2 Å². The van der Waals surface area contributed by atoms with Gasteiger partial charge in [0.2, 0.25) is 0 Å². The second-order valence-corrected chi connectivity index (χ2v) is 8.38. The highest BCUT2D eigenvalue weighted by Gasteiger charge is 2.32. The van der Waals surface area contributed by atoms with E-state index in [4.69, 9.17) is 0 Å². The van der Waals surface area contributed by atoms with Crippen LogP contribution in [0.15, 0.2) is 24.3 Å². The van der Waals surface area contributed by atoms with E-state index in [-0.39, 0.29) is 17.3 Å². The van der Waals surface area contributed by atoms with Crippen LogP contribution in [0, 0.1) is 5.82 Å². The number of alkyl halides is 2. The molecule has 0 heterocycles. The highest BCUT2D eigenvalue weighted by Crippen LogP contribution is 2.33. The molecule has 1 aromatic rings. The maximum Gasteiger partial charge on any atom is 0.150 e. The van der Waals surface area contributed by atoms with Crippen LogP contribution in [0.1, 0.15) is 25.3 Å². The van der Waals surface area contributed by atoms with Gasteiger partial charge in [0.1, 0.15) is 15.7 Å². The topological polar surface area (TPSA) is 34.1 Å². The summed E-state index contributed by atoms with van der Waals surface area (Å²) in [5.41, 5.74) is 0.404. The van der Waals surface area contributed by atoms with E-state index in [0.29, 0.717) is 23.5 Å². The van der Waals surface area contributed by atoms with Crippen molar-refractivity contribution in [3.63, 3.8) is 0 Å². The average Bonchev–Trinajstić information content (AvgIpc) is 2.40. The number of halogens is 3. The molecular weight excluding hydrogens is 411 g/mol. The fourth-order valence-corrected chi connectivity index (χ4v) is 5.71. The van der Waals surface area contributed by atoms with E-state index < -0.39 is 15.3 Å². The molecule has 0 N–H and O–H groups in total. The van der Waals surface area contributed by atoms with Crippen LogP contribution < -0.4 is 0 Å². The van der Waals surface area contributed by atoms with Crippen molar-refractivity contribution >= 4 is 41.7 Å². The summed E-state index contributed by atoms with van der Waals surface area (Å²) < 4.78 is 37.2. The van der Waals surface area contributed by atoms with Crippen LogP contribution >= 0.6 is 31.9 Å². The quantitative estimate of drug-likeness (QED) is 0.583. The minimum Gasteiger partial charge on any atom is -0.229 e. The maximum absolute atomic E-state index is 13.4. The Bertz CT molecular complexity index is 528. The summed E-state index contributed by atoms with van der Waals surface area (Å²) in [5.74, 6) is 0.0240. The maximum atomic E-state index is 13.4. The van der Waals surface area contributed by atoms with E-state index >= 15 is 0 Å². The summed E-state index contributed by atoms with van der Waals surface area (Å²) in [6, 6.07) is 6.38. The second kappa shape index (κ2) is 7.90. The molecule has 0 saturated heterocycles. The Morgan fingerprint density at radius 3 is 2.35 bits per heavy atom. The van der Waals surface area contributed by atoms with E-state index in [1.165, 1.54) is 12.1 Å². The Labute approximate surface area is 137 Å². The molecule has 20 heavy (non-hydrogen) atoms. The molecule has 0 bridgehead atoms. The monoisotopic (exact) mass is 428 g/mol. The number of rotatable bonds is 8. The molecule has 0 radical (unpaired) electrons. The molecule has 0 unspecified atom stereocenters. The summed E-state index contributed by atoms with van der Waals surface area (Å²) in [6.07, 6.45) is 1.09. The highest BCUT2D eigenvalue weighted by atomic mass is 79.9. The summed E-state index contributed by atoms with van der Waals surface area (Å²) in [5, 5.41) is 1.16. The average molecular weight is 430 g/mol. The molecule has 0 aliphatic carbocycles. The van der Waals surface area contributed by atoms with Crippen molar-refractivity contribution in [1.29, 1.82) is 0 Å². The fourth-order valence-electron chi connectivity index (χ4n) is 2.05. The van der Waals surface area contributed by atoms with Crippen LogP contribution in [0.4, 0.5) is 4.39 Å². The summed E-state index contributed by atoms with van der Waals surface area (Å²) in [4.78, 5) is 0. The van der Waals surface area contributed by atoms with Gasteiger partial charge in [0.15, 0.2) is 0 Å². The van der Waals surface area contributed by atoms with Crippen molar-refractivity contribution in [2.24, 2.45) is 0 Å². The summed E-state index contributed by atoms with van der Waals surface area (Å²) in [6.45, 7) is 1.85. The van der Waals surface area contributed by atoms with E-state index in [1.54, 1.807) is 6.07 Å². The van der Waals surface area contributed by atoms with Gasteiger partial charge in [-0.3, -0.25) is 0 Å². The lowest BCUT2D eigenvalue weighted by Crippen LogP contribution is -2.33. The largest absolute Gasteiger partial charge is 0.229 e. The summed E-state index contributed by atoms with van der Waals surface area (Å²) in [7, 11) is -3.04. The van der Waals surface area contributed by atoms with E-state index in [2.05, 4.69) is 31.9 Å². The van der Waals surface area contributed by atoms with Crippen molar-refractivity contribution in [3.05, 3.63) is 35.6 Å². The van der Waals surface area contributed by atoms with Gasteiger partial charge in [-0.15, -0.1) is 0 Å². The fraction of sp³-hybridized carbons (Fsp3) is 0.571. The number of sulfone groups is 1. The summed E-state index contributed by atoms with van der Waals surface area (Å²) >= 11 is 6.91. The molecule has 0 spiro atoms. The van der Waals surface area contributed by atoms with E-state index in [9.17, 15) is 12.8 Å². The third-order valence-electron chi connectivity index (χ3n) is 3.36. The Balaban J connectivity index is 2.99. The smallest absolute Gasteiger partial charge is 0.150 e. The van der Waals surface area contributed by atoms with E-state index in [0.717, 1.165) is 5.56 Å². The molecular formula is C14H19Br2FO2S. The predicted molar refractivity (Wildman–Crippen MR) is 89.2 cm³/mol.